The van der Waals surface area contributed by atoms with E-state index in [4.69, 9.17) is 9.47 Å². The maximum Gasteiger partial charge on any atom is 0.310 e. The summed E-state index contributed by atoms with van der Waals surface area (Å²) in [4.78, 5) is 20.1. The van der Waals surface area contributed by atoms with Crippen molar-refractivity contribution in [1.82, 2.24) is 9.88 Å². The third kappa shape index (κ3) is 6.53. The highest BCUT2D eigenvalue weighted by molar-refractivity contribution is 7.99. The van der Waals surface area contributed by atoms with Crippen LogP contribution in [0.25, 0.3) is 10.9 Å². The zero-order valence-electron chi connectivity index (χ0n) is 20.7. The number of methoxy groups -OCH3 is 2. The molecule has 0 saturated carbocycles. The average molecular weight is 515 g/mol. The van der Waals surface area contributed by atoms with E-state index in [1.54, 1.807) is 37.2 Å². The Morgan fingerprint density at radius 2 is 2.08 bits per heavy atom. The number of nitrogens with zero attached hydrogens (tertiary/aromatic N) is 2. The van der Waals surface area contributed by atoms with Gasteiger partial charge < -0.3 is 14.4 Å². The summed E-state index contributed by atoms with van der Waals surface area (Å²) in [5, 5.41) is 0.750. The van der Waals surface area contributed by atoms with Crippen LogP contribution in [0.2, 0.25) is 0 Å². The predicted octanol–water partition coefficient (Wildman–Crippen LogP) is 6.08. The van der Waals surface area contributed by atoms with Crippen molar-refractivity contribution in [3.63, 3.8) is 0 Å². The Bertz CT molecular complexity index is 1180. The van der Waals surface area contributed by atoms with Crippen LogP contribution in [0.3, 0.4) is 0 Å². The molecule has 0 spiro atoms. The molecule has 8 heteroatoms. The van der Waals surface area contributed by atoms with Crippen molar-refractivity contribution in [2.45, 2.75) is 30.3 Å². The van der Waals surface area contributed by atoms with E-state index in [0.717, 1.165) is 41.1 Å². The molecule has 1 aromatic heterocycles. The van der Waals surface area contributed by atoms with Gasteiger partial charge in [-0.15, -0.1) is 11.8 Å². The topological polar surface area (TPSA) is 51.7 Å². The molecule has 0 amide bonds. The van der Waals surface area contributed by atoms with Crippen molar-refractivity contribution in [2.75, 3.05) is 39.6 Å². The van der Waals surface area contributed by atoms with E-state index < -0.39 is 6.17 Å². The summed E-state index contributed by atoms with van der Waals surface area (Å²) in [6.45, 7) is 2.22. The SMILES string of the molecule is COC(=O)[C@H]1CN(CCSc2cccc(F)c2)CC[C@H]1CCC(F)c1ccnc2ccc(OC)cc12. The van der Waals surface area contributed by atoms with Gasteiger partial charge in [0.15, 0.2) is 0 Å². The third-order valence-electron chi connectivity index (χ3n) is 6.93. The summed E-state index contributed by atoms with van der Waals surface area (Å²) >= 11 is 1.60. The Labute approximate surface area is 215 Å². The molecule has 1 fully saturated rings. The molecule has 3 atom stereocenters. The van der Waals surface area contributed by atoms with Gasteiger partial charge in [-0.1, -0.05) is 6.07 Å². The van der Waals surface area contributed by atoms with Gasteiger partial charge in [-0.3, -0.25) is 9.78 Å². The number of pyridine rings is 1. The minimum absolute atomic E-state index is 0.0606. The monoisotopic (exact) mass is 514 g/mol. The first-order valence-corrected chi connectivity index (χ1v) is 13.2. The van der Waals surface area contributed by atoms with Crippen LogP contribution < -0.4 is 4.74 Å². The van der Waals surface area contributed by atoms with E-state index in [0.29, 0.717) is 30.7 Å². The van der Waals surface area contributed by atoms with Gasteiger partial charge in [0.25, 0.3) is 0 Å². The molecule has 192 valence electrons. The van der Waals surface area contributed by atoms with Crippen molar-refractivity contribution in [2.24, 2.45) is 11.8 Å². The molecule has 36 heavy (non-hydrogen) atoms. The summed E-state index contributed by atoms with van der Waals surface area (Å²) in [5.41, 5.74) is 1.33. The van der Waals surface area contributed by atoms with Gasteiger partial charge in [0, 0.05) is 35.3 Å². The molecule has 1 aliphatic rings. The Morgan fingerprint density at radius 3 is 2.86 bits per heavy atom. The molecule has 3 aromatic rings. The van der Waals surface area contributed by atoms with Gasteiger partial charge in [-0.25, -0.2) is 8.78 Å². The summed E-state index contributed by atoms with van der Waals surface area (Å²) in [5.74, 6) is 0.758. The van der Waals surface area contributed by atoms with E-state index in [9.17, 15) is 9.18 Å². The van der Waals surface area contributed by atoms with Gasteiger partial charge in [0.05, 0.1) is 25.7 Å². The highest BCUT2D eigenvalue weighted by Crippen LogP contribution is 2.36. The molecular formula is C28H32F2N2O3S. The van der Waals surface area contributed by atoms with Crippen molar-refractivity contribution in [3.05, 3.63) is 66.1 Å². The number of carbonyl (C=O) groups is 1. The quantitative estimate of drug-likeness (QED) is 0.242. The number of aromatic nitrogens is 1. The molecule has 0 bridgehead atoms. The van der Waals surface area contributed by atoms with Gasteiger partial charge in [0.1, 0.15) is 17.7 Å². The molecule has 0 aliphatic carbocycles. The molecular weight excluding hydrogens is 482 g/mol. The first kappa shape index (κ1) is 26.4. The van der Waals surface area contributed by atoms with Crippen LogP contribution in [0.1, 0.15) is 31.0 Å². The minimum Gasteiger partial charge on any atom is -0.497 e. The van der Waals surface area contributed by atoms with Crippen LogP contribution in [0.5, 0.6) is 5.75 Å². The van der Waals surface area contributed by atoms with Crippen molar-refractivity contribution < 1.29 is 23.0 Å². The van der Waals surface area contributed by atoms with E-state index >= 15 is 4.39 Å². The summed E-state index contributed by atoms with van der Waals surface area (Å²) in [6, 6.07) is 13.8. The minimum atomic E-state index is -1.17. The number of thioether (sulfide) groups is 1. The van der Waals surface area contributed by atoms with Gasteiger partial charge >= 0.3 is 5.97 Å². The molecule has 1 saturated heterocycles. The van der Waals surface area contributed by atoms with Crippen LogP contribution in [-0.4, -0.2) is 55.5 Å². The van der Waals surface area contributed by atoms with Crippen molar-refractivity contribution in [1.29, 1.82) is 0 Å². The zero-order valence-corrected chi connectivity index (χ0v) is 21.5. The summed E-state index contributed by atoms with van der Waals surface area (Å²) < 4.78 is 39.3. The van der Waals surface area contributed by atoms with E-state index in [-0.39, 0.29) is 23.6 Å². The number of likely N-dealkylation sites (tertiary alicyclic amines) is 1. The smallest absolute Gasteiger partial charge is 0.310 e. The van der Waals surface area contributed by atoms with Crippen molar-refractivity contribution in [3.8, 4) is 5.75 Å². The number of ether oxygens (including phenoxy) is 2. The van der Waals surface area contributed by atoms with Crippen LogP contribution in [0.4, 0.5) is 8.78 Å². The van der Waals surface area contributed by atoms with E-state index in [2.05, 4.69) is 9.88 Å². The number of hydrogen-bond acceptors (Lipinski definition) is 6. The highest BCUT2D eigenvalue weighted by atomic mass is 32.2. The number of alkyl halides is 1. The van der Waals surface area contributed by atoms with Crippen LogP contribution >= 0.6 is 11.8 Å². The molecule has 4 rings (SSSR count). The summed E-state index contributed by atoms with van der Waals surface area (Å²) in [6.07, 6.45) is 2.20. The fraction of sp³-hybridized carbons (Fsp3) is 0.429. The second-order valence-corrected chi connectivity index (χ2v) is 10.3. The van der Waals surface area contributed by atoms with Crippen LogP contribution in [0.15, 0.2) is 59.6 Å². The van der Waals surface area contributed by atoms with Crippen LogP contribution in [0, 0.1) is 17.7 Å². The Morgan fingerprint density at radius 1 is 1.22 bits per heavy atom. The normalized spacial score (nSPS) is 19.2. The van der Waals surface area contributed by atoms with Gasteiger partial charge in [0.2, 0.25) is 0 Å². The number of carbonyl (C=O) groups excluding carboxylic acids is 1. The van der Waals surface area contributed by atoms with E-state index in [1.807, 2.05) is 24.3 Å². The molecule has 2 aromatic carbocycles. The predicted molar refractivity (Wildman–Crippen MR) is 139 cm³/mol. The lowest BCUT2D eigenvalue weighted by atomic mass is 9.81. The number of rotatable bonds is 10. The lowest BCUT2D eigenvalue weighted by molar-refractivity contribution is -0.150. The number of piperidine rings is 1. The van der Waals surface area contributed by atoms with Crippen LogP contribution in [-0.2, 0) is 9.53 Å². The number of esters is 1. The maximum atomic E-state index is 15.5. The first-order chi connectivity index (χ1) is 17.5. The van der Waals surface area contributed by atoms with Gasteiger partial charge in [-0.2, -0.15) is 0 Å². The third-order valence-corrected chi connectivity index (χ3v) is 7.90. The number of hydrogen-bond donors (Lipinski definition) is 0. The largest absolute Gasteiger partial charge is 0.497 e. The molecule has 2 heterocycles. The molecule has 1 unspecified atom stereocenters. The summed E-state index contributed by atoms with van der Waals surface area (Å²) in [7, 11) is 3.00. The van der Waals surface area contributed by atoms with Gasteiger partial charge in [-0.05, 0) is 79.8 Å². The molecule has 5 nitrogen and oxygen atoms in total. The Hall–Kier alpha value is -2.71. The lowest BCUT2D eigenvalue weighted by Crippen LogP contribution is -2.45. The Balaban J connectivity index is 1.35. The maximum absolute atomic E-state index is 15.5. The van der Waals surface area contributed by atoms with E-state index in [1.165, 1.54) is 19.2 Å². The second-order valence-electron chi connectivity index (χ2n) is 9.11. The Kier molecular flexibility index (Phi) is 9.15. The number of fused-ring (bicyclic) bond motifs is 1. The average Bonchev–Trinajstić information content (AvgIpc) is 2.91. The standard InChI is InChI=1S/C28H32F2N2O3S/c1-34-21-7-9-27-24(17-21)23(10-12-31-27)26(30)8-6-19-11-13-32(18-25(19)28(33)35-2)14-15-36-22-5-3-4-20(29)16-22/h3-5,7,9-10,12,16-17,19,25-26H,6,8,11,13-15,18H2,1-2H3/t19-,25+,26?/m1/s1. The number of halogens is 2. The van der Waals surface area contributed by atoms with Crippen molar-refractivity contribution >= 4 is 28.6 Å². The number of benzene rings is 2. The molecule has 0 radical (unpaired) electrons. The lowest BCUT2D eigenvalue weighted by Gasteiger charge is -2.37. The highest BCUT2D eigenvalue weighted by Gasteiger charge is 2.35. The fourth-order valence-corrected chi connectivity index (χ4v) is 5.90. The fourth-order valence-electron chi connectivity index (χ4n) is 4.95. The molecule has 0 N–H and O–H groups in total. The zero-order chi connectivity index (χ0) is 25.5. The second kappa shape index (κ2) is 12.5. The first-order valence-electron chi connectivity index (χ1n) is 12.2. The molecule has 1 aliphatic heterocycles.